The van der Waals surface area contributed by atoms with E-state index in [4.69, 9.17) is 0 Å². The molecule has 6 nitrogen and oxygen atoms in total. The van der Waals surface area contributed by atoms with Gasteiger partial charge in [0, 0.05) is 31.7 Å². The van der Waals surface area contributed by atoms with Gasteiger partial charge in [0.15, 0.2) is 0 Å². The van der Waals surface area contributed by atoms with Gasteiger partial charge in [-0.3, -0.25) is 9.78 Å². The van der Waals surface area contributed by atoms with Crippen LogP contribution in [-0.4, -0.2) is 43.9 Å². The SMILES string of the molecule is O=C(Cc1cccnc1)N1CCC(n2ccnn2)C1. The van der Waals surface area contributed by atoms with E-state index in [9.17, 15) is 4.79 Å². The zero-order valence-electron chi connectivity index (χ0n) is 10.5. The Morgan fingerprint density at radius 2 is 2.37 bits per heavy atom. The first kappa shape index (κ1) is 11.8. The second-order valence-electron chi connectivity index (χ2n) is 4.70. The summed E-state index contributed by atoms with van der Waals surface area (Å²) in [4.78, 5) is 18.1. The van der Waals surface area contributed by atoms with Gasteiger partial charge in [-0.1, -0.05) is 11.3 Å². The fourth-order valence-corrected chi connectivity index (χ4v) is 2.39. The lowest BCUT2D eigenvalue weighted by Crippen LogP contribution is -2.30. The van der Waals surface area contributed by atoms with Crippen molar-refractivity contribution in [1.82, 2.24) is 24.9 Å². The number of rotatable bonds is 3. The third-order valence-electron chi connectivity index (χ3n) is 3.41. The maximum atomic E-state index is 12.2. The molecule has 0 radical (unpaired) electrons. The van der Waals surface area contributed by atoms with Gasteiger partial charge < -0.3 is 4.90 Å². The first-order valence-corrected chi connectivity index (χ1v) is 6.35. The Morgan fingerprint density at radius 1 is 1.42 bits per heavy atom. The van der Waals surface area contributed by atoms with Gasteiger partial charge in [0.2, 0.25) is 5.91 Å². The predicted molar refractivity (Wildman–Crippen MR) is 68.2 cm³/mol. The molecular formula is C13H15N5O. The first-order valence-electron chi connectivity index (χ1n) is 6.35. The minimum absolute atomic E-state index is 0.149. The predicted octanol–water partition coefficient (Wildman–Crippen LogP) is 0.689. The van der Waals surface area contributed by atoms with Crippen molar-refractivity contribution in [3.05, 3.63) is 42.5 Å². The Kier molecular flexibility index (Phi) is 3.22. The van der Waals surface area contributed by atoms with E-state index in [-0.39, 0.29) is 11.9 Å². The van der Waals surface area contributed by atoms with E-state index in [1.165, 1.54) is 0 Å². The monoisotopic (exact) mass is 257 g/mol. The van der Waals surface area contributed by atoms with Gasteiger partial charge in [-0.05, 0) is 18.1 Å². The van der Waals surface area contributed by atoms with Crippen molar-refractivity contribution in [1.29, 1.82) is 0 Å². The van der Waals surface area contributed by atoms with Crippen LogP contribution in [0.5, 0.6) is 0 Å². The quantitative estimate of drug-likeness (QED) is 0.811. The van der Waals surface area contributed by atoms with Crippen molar-refractivity contribution >= 4 is 5.91 Å². The standard InChI is InChI=1S/C13H15N5O/c19-13(8-11-2-1-4-14-9-11)17-6-3-12(10-17)18-7-5-15-16-18/h1-2,4-5,7,9,12H,3,6,8,10H2. The van der Waals surface area contributed by atoms with Gasteiger partial charge in [0.05, 0.1) is 18.7 Å². The van der Waals surface area contributed by atoms with Crippen LogP contribution in [-0.2, 0) is 11.2 Å². The van der Waals surface area contributed by atoms with Gasteiger partial charge >= 0.3 is 0 Å². The summed E-state index contributed by atoms with van der Waals surface area (Å²) in [6, 6.07) is 4.03. The van der Waals surface area contributed by atoms with E-state index in [0.29, 0.717) is 13.0 Å². The highest BCUT2D eigenvalue weighted by molar-refractivity contribution is 5.78. The molecule has 1 aliphatic rings. The molecule has 0 spiro atoms. The van der Waals surface area contributed by atoms with Gasteiger partial charge in [0.25, 0.3) is 0 Å². The number of aromatic nitrogens is 4. The summed E-state index contributed by atoms with van der Waals surface area (Å²) < 4.78 is 1.83. The molecule has 0 saturated carbocycles. The molecule has 2 aromatic rings. The second kappa shape index (κ2) is 5.17. The molecule has 1 amide bonds. The van der Waals surface area contributed by atoms with E-state index >= 15 is 0 Å². The van der Waals surface area contributed by atoms with Crippen LogP contribution >= 0.6 is 0 Å². The van der Waals surface area contributed by atoms with Gasteiger partial charge in [-0.2, -0.15) is 0 Å². The number of hydrogen-bond donors (Lipinski definition) is 0. The lowest BCUT2D eigenvalue weighted by atomic mass is 10.2. The number of carbonyl (C=O) groups excluding carboxylic acids is 1. The van der Waals surface area contributed by atoms with Gasteiger partial charge in [-0.25, -0.2) is 4.68 Å². The lowest BCUT2D eigenvalue weighted by Gasteiger charge is -2.16. The Morgan fingerprint density at radius 3 is 3.11 bits per heavy atom. The summed E-state index contributed by atoms with van der Waals surface area (Å²) in [5, 5.41) is 7.80. The van der Waals surface area contributed by atoms with Crippen LogP contribution in [0.2, 0.25) is 0 Å². The van der Waals surface area contributed by atoms with Crippen LogP contribution in [0, 0.1) is 0 Å². The van der Waals surface area contributed by atoms with Crippen molar-refractivity contribution in [2.24, 2.45) is 0 Å². The maximum absolute atomic E-state index is 12.2. The molecular weight excluding hydrogens is 242 g/mol. The summed E-state index contributed by atoms with van der Waals surface area (Å²) in [6.07, 6.45) is 8.31. The molecule has 1 saturated heterocycles. The first-order chi connectivity index (χ1) is 9.33. The van der Waals surface area contributed by atoms with Crippen molar-refractivity contribution < 1.29 is 4.79 Å². The molecule has 1 fully saturated rings. The number of nitrogens with zero attached hydrogens (tertiary/aromatic N) is 5. The topological polar surface area (TPSA) is 63.9 Å². The molecule has 6 heteroatoms. The molecule has 0 aliphatic carbocycles. The molecule has 1 atom stereocenters. The summed E-state index contributed by atoms with van der Waals surface area (Å²) in [6.45, 7) is 1.49. The molecule has 0 N–H and O–H groups in total. The molecule has 3 heterocycles. The molecule has 98 valence electrons. The summed E-state index contributed by atoms with van der Waals surface area (Å²) >= 11 is 0. The van der Waals surface area contributed by atoms with Crippen LogP contribution in [0.15, 0.2) is 36.9 Å². The van der Waals surface area contributed by atoms with E-state index in [0.717, 1.165) is 18.5 Å². The molecule has 19 heavy (non-hydrogen) atoms. The van der Waals surface area contributed by atoms with Gasteiger partial charge in [0.1, 0.15) is 0 Å². The molecule has 1 aliphatic heterocycles. The number of likely N-dealkylation sites (tertiary alicyclic amines) is 1. The van der Waals surface area contributed by atoms with Crippen LogP contribution in [0.4, 0.5) is 0 Å². The number of hydrogen-bond acceptors (Lipinski definition) is 4. The Hall–Kier alpha value is -2.24. The summed E-state index contributed by atoms with van der Waals surface area (Å²) in [5.41, 5.74) is 0.955. The third kappa shape index (κ3) is 2.62. The van der Waals surface area contributed by atoms with Crippen molar-refractivity contribution in [2.45, 2.75) is 18.9 Å². The molecule has 2 aromatic heterocycles. The minimum Gasteiger partial charge on any atom is -0.340 e. The Bertz CT molecular complexity index is 539. The van der Waals surface area contributed by atoms with Crippen molar-refractivity contribution in [3.63, 3.8) is 0 Å². The molecule has 1 unspecified atom stereocenters. The molecule has 3 rings (SSSR count). The summed E-state index contributed by atoms with van der Waals surface area (Å²) in [5.74, 6) is 0.149. The van der Waals surface area contributed by atoms with Crippen LogP contribution in [0.1, 0.15) is 18.0 Å². The average Bonchev–Trinajstić information content (AvgIpc) is 3.11. The summed E-state index contributed by atoms with van der Waals surface area (Å²) in [7, 11) is 0. The van der Waals surface area contributed by atoms with Crippen LogP contribution < -0.4 is 0 Å². The average molecular weight is 257 g/mol. The van der Waals surface area contributed by atoms with Crippen molar-refractivity contribution in [3.8, 4) is 0 Å². The van der Waals surface area contributed by atoms with Crippen LogP contribution in [0.25, 0.3) is 0 Å². The molecule has 0 bridgehead atoms. The number of pyridine rings is 1. The Balaban J connectivity index is 1.60. The third-order valence-corrected chi connectivity index (χ3v) is 3.41. The maximum Gasteiger partial charge on any atom is 0.227 e. The van der Waals surface area contributed by atoms with E-state index in [1.54, 1.807) is 18.6 Å². The van der Waals surface area contributed by atoms with Crippen molar-refractivity contribution in [2.75, 3.05) is 13.1 Å². The highest BCUT2D eigenvalue weighted by Crippen LogP contribution is 2.20. The molecule has 0 aromatic carbocycles. The minimum atomic E-state index is 0.149. The number of amides is 1. The van der Waals surface area contributed by atoms with E-state index in [1.807, 2.05) is 27.9 Å². The smallest absolute Gasteiger partial charge is 0.227 e. The lowest BCUT2D eigenvalue weighted by molar-refractivity contribution is -0.129. The van der Waals surface area contributed by atoms with Crippen LogP contribution in [0.3, 0.4) is 0 Å². The zero-order valence-corrected chi connectivity index (χ0v) is 10.5. The fourth-order valence-electron chi connectivity index (χ4n) is 2.39. The van der Waals surface area contributed by atoms with E-state index < -0.39 is 0 Å². The Labute approximate surface area is 111 Å². The zero-order chi connectivity index (χ0) is 13.1. The highest BCUT2D eigenvalue weighted by Gasteiger charge is 2.27. The second-order valence-corrected chi connectivity index (χ2v) is 4.70. The normalized spacial score (nSPS) is 18.7. The van der Waals surface area contributed by atoms with Gasteiger partial charge in [-0.15, -0.1) is 5.10 Å². The largest absolute Gasteiger partial charge is 0.340 e. The number of carbonyl (C=O) groups is 1. The fraction of sp³-hybridized carbons (Fsp3) is 0.385. The highest BCUT2D eigenvalue weighted by atomic mass is 16.2. The van der Waals surface area contributed by atoms with E-state index in [2.05, 4.69) is 15.3 Å².